The first kappa shape index (κ1) is 17.4. The van der Waals surface area contributed by atoms with Gasteiger partial charge in [0.15, 0.2) is 0 Å². The van der Waals surface area contributed by atoms with Crippen molar-refractivity contribution in [2.75, 3.05) is 25.1 Å². The number of ether oxygens (including phenoxy) is 2. The van der Waals surface area contributed by atoms with Gasteiger partial charge in [-0.1, -0.05) is 18.2 Å². The summed E-state index contributed by atoms with van der Waals surface area (Å²) in [6.45, 7) is 1.12. The molecule has 0 fully saturated rings. The summed E-state index contributed by atoms with van der Waals surface area (Å²) in [6.07, 6.45) is 2.28. The maximum Gasteiger partial charge on any atom is 0.224 e. The van der Waals surface area contributed by atoms with Gasteiger partial charge < -0.3 is 14.4 Å². The second-order valence-electron chi connectivity index (χ2n) is 5.59. The van der Waals surface area contributed by atoms with Crippen LogP contribution in [0.3, 0.4) is 0 Å². The molecule has 0 atom stereocenters. The van der Waals surface area contributed by atoms with Crippen LogP contribution in [0.1, 0.15) is 10.4 Å². The minimum absolute atomic E-state index is 0.482. The number of rotatable bonds is 8. The van der Waals surface area contributed by atoms with E-state index in [-0.39, 0.29) is 0 Å². The predicted molar refractivity (Wildman–Crippen MR) is 99.1 cm³/mol. The highest BCUT2D eigenvalue weighted by Crippen LogP contribution is 2.21. The number of carbonyl (C=O) groups excluding carboxylic acids is 1. The quantitative estimate of drug-likeness (QED) is 0.579. The highest BCUT2D eigenvalue weighted by Gasteiger charge is 2.06. The zero-order valence-corrected chi connectivity index (χ0v) is 14.4. The number of aldehydes is 1. The zero-order chi connectivity index (χ0) is 18.2. The lowest BCUT2D eigenvalue weighted by Gasteiger charge is -2.18. The zero-order valence-electron chi connectivity index (χ0n) is 14.4. The number of likely N-dealkylation sites (N-methyl/N-ethyl adjacent to an activating group) is 1. The summed E-state index contributed by atoms with van der Waals surface area (Å²) in [5.41, 5.74) is 0.626. The van der Waals surface area contributed by atoms with E-state index in [0.29, 0.717) is 24.6 Å². The van der Waals surface area contributed by atoms with Crippen LogP contribution in [0.4, 0.5) is 5.82 Å². The van der Waals surface area contributed by atoms with Gasteiger partial charge in [0.05, 0.1) is 6.54 Å². The van der Waals surface area contributed by atoms with E-state index >= 15 is 0 Å². The van der Waals surface area contributed by atoms with E-state index in [9.17, 15) is 4.79 Å². The van der Waals surface area contributed by atoms with Gasteiger partial charge in [-0.3, -0.25) is 4.79 Å². The van der Waals surface area contributed by atoms with Crippen LogP contribution in [0.25, 0.3) is 0 Å². The van der Waals surface area contributed by atoms with Crippen molar-refractivity contribution in [3.05, 3.63) is 72.6 Å². The third-order valence-electron chi connectivity index (χ3n) is 3.70. The molecular formula is C20H19N3O3. The average molecular weight is 349 g/mol. The molecule has 3 aromatic rings. The predicted octanol–water partition coefficient (Wildman–Crippen LogP) is 3.60. The molecular weight excluding hydrogens is 330 g/mol. The summed E-state index contributed by atoms with van der Waals surface area (Å²) in [4.78, 5) is 21.0. The molecule has 0 aliphatic carbocycles. The van der Waals surface area contributed by atoms with Gasteiger partial charge in [-0.2, -0.15) is 0 Å². The number of nitrogens with zero attached hydrogens (tertiary/aromatic N) is 3. The highest BCUT2D eigenvalue weighted by atomic mass is 16.5. The number of aromatic nitrogens is 2. The Hall–Kier alpha value is -3.41. The van der Waals surface area contributed by atoms with Crippen molar-refractivity contribution in [1.82, 2.24) is 9.97 Å². The standard InChI is InChI=1S/C20H19N3O3/c1-23(11-12-25-17-9-7-16(14-24)8-10-17)19-13-20(22-15-21-19)26-18-5-3-2-4-6-18/h2-10,13-15H,11-12H2,1H3. The molecule has 0 N–H and O–H groups in total. The summed E-state index contributed by atoms with van der Waals surface area (Å²) in [5, 5.41) is 0. The molecule has 0 saturated heterocycles. The van der Waals surface area contributed by atoms with Crippen LogP contribution in [-0.2, 0) is 0 Å². The summed E-state index contributed by atoms with van der Waals surface area (Å²) in [5.74, 6) is 2.67. The third-order valence-corrected chi connectivity index (χ3v) is 3.70. The van der Waals surface area contributed by atoms with Gasteiger partial charge in [0.1, 0.15) is 36.5 Å². The number of para-hydroxylation sites is 1. The van der Waals surface area contributed by atoms with Crippen LogP contribution >= 0.6 is 0 Å². The molecule has 0 spiro atoms. The number of anilines is 1. The first-order valence-electron chi connectivity index (χ1n) is 8.19. The van der Waals surface area contributed by atoms with Crippen molar-refractivity contribution >= 4 is 12.1 Å². The molecule has 0 amide bonds. The van der Waals surface area contributed by atoms with E-state index in [4.69, 9.17) is 9.47 Å². The van der Waals surface area contributed by atoms with Crippen LogP contribution in [-0.4, -0.2) is 36.5 Å². The van der Waals surface area contributed by atoms with Crippen molar-refractivity contribution in [2.45, 2.75) is 0 Å². The van der Waals surface area contributed by atoms with Crippen LogP contribution in [0.5, 0.6) is 17.4 Å². The number of hydrogen-bond donors (Lipinski definition) is 0. The van der Waals surface area contributed by atoms with E-state index in [1.165, 1.54) is 6.33 Å². The van der Waals surface area contributed by atoms with Crippen molar-refractivity contribution in [2.24, 2.45) is 0 Å². The maximum absolute atomic E-state index is 10.7. The topological polar surface area (TPSA) is 64.5 Å². The summed E-state index contributed by atoms with van der Waals surface area (Å²) in [7, 11) is 1.92. The van der Waals surface area contributed by atoms with E-state index in [1.54, 1.807) is 30.3 Å². The fourth-order valence-electron chi connectivity index (χ4n) is 2.26. The van der Waals surface area contributed by atoms with Gasteiger partial charge in [-0.25, -0.2) is 9.97 Å². The van der Waals surface area contributed by atoms with Crippen LogP contribution < -0.4 is 14.4 Å². The Kier molecular flexibility index (Phi) is 5.77. The van der Waals surface area contributed by atoms with E-state index in [1.807, 2.05) is 42.3 Å². The second kappa shape index (κ2) is 8.62. The third kappa shape index (κ3) is 4.80. The van der Waals surface area contributed by atoms with Gasteiger partial charge in [0.25, 0.3) is 0 Å². The molecule has 0 aliphatic rings. The summed E-state index contributed by atoms with van der Waals surface area (Å²) in [6, 6.07) is 18.3. The van der Waals surface area contributed by atoms with Crippen LogP contribution in [0.2, 0.25) is 0 Å². The largest absolute Gasteiger partial charge is 0.492 e. The van der Waals surface area contributed by atoms with Gasteiger partial charge >= 0.3 is 0 Å². The first-order chi connectivity index (χ1) is 12.7. The molecule has 132 valence electrons. The molecule has 6 nitrogen and oxygen atoms in total. The molecule has 0 radical (unpaired) electrons. The Balaban J connectivity index is 1.54. The number of carbonyl (C=O) groups is 1. The van der Waals surface area contributed by atoms with Crippen molar-refractivity contribution in [3.63, 3.8) is 0 Å². The molecule has 26 heavy (non-hydrogen) atoms. The average Bonchev–Trinajstić information content (AvgIpc) is 2.69. The monoisotopic (exact) mass is 349 g/mol. The Morgan fingerprint density at radius 1 is 1.00 bits per heavy atom. The first-order valence-corrected chi connectivity index (χ1v) is 8.19. The Labute approximate surface area is 152 Å². The molecule has 0 bridgehead atoms. The minimum Gasteiger partial charge on any atom is -0.492 e. The van der Waals surface area contributed by atoms with Crippen molar-refractivity contribution in [3.8, 4) is 17.4 Å². The van der Waals surface area contributed by atoms with E-state index in [2.05, 4.69) is 9.97 Å². The molecule has 3 rings (SSSR count). The molecule has 6 heteroatoms. The van der Waals surface area contributed by atoms with Crippen molar-refractivity contribution in [1.29, 1.82) is 0 Å². The number of benzene rings is 2. The SMILES string of the molecule is CN(CCOc1ccc(C=O)cc1)c1cc(Oc2ccccc2)ncn1. The second-order valence-corrected chi connectivity index (χ2v) is 5.59. The maximum atomic E-state index is 10.7. The molecule has 1 aromatic heterocycles. The minimum atomic E-state index is 0.482. The smallest absolute Gasteiger partial charge is 0.224 e. The Morgan fingerprint density at radius 3 is 2.50 bits per heavy atom. The molecule has 0 unspecified atom stereocenters. The van der Waals surface area contributed by atoms with E-state index in [0.717, 1.165) is 23.6 Å². The van der Waals surface area contributed by atoms with Gasteiger partial charge in [0.2, 0.25) is 5.88 Å². The van der Waals surface area contributed by atoms with E-state index < -0.39 is 0 Å². The highest BCUT2D eigenvalue weighted by molar-refractivity contribution is 5.74. The number of hydrogen-bond acceptors (Lipinski definition) is 6. The van der Waals surface area contributed by atoms with Gasteiger partial charge in [0, 0.05) is 18.7 Å². The summed E-state index contributed by atoms with van der Waals surface area (Å²) >= 11 is 0. The Morgan fingerprint density at radius 2 is 1.77 bits per heavy atom. The Bertz CT molecular complexity index is 838. The van der Waals surface area contributed by atoms with Crippen LogP contribution in [0.15, 0.2) is 67.0 Å². The molecule has 0 aliphatic heterocycles. The molecule has 0 saturated carbocycles. The molecule has 1 heterocycles. The van der Waals surface area contributed by atoms with Gasteiger partial charge in [-0.15, -0.1) is 0 Å². The molecule has 2 aromatic carbocycles. The lowest BCUT2D eigenvalue weighted by molar-refractivity contribution is 0.112. The lowest BCUT2D eigenvalue weighted by atomic mass is 10.2. The summed E-state index contributed by atoms with van der Waals surface area (Å²) < 4.78 is 11.4. The van der Waals surface area contributed by atoms with Gasteiger partial charge in [-0.05, 0) is 36.4 Å². The lowest BCUT2D eigenvalue weighted by Crippen LogP contribution is -2.24. The normalized spacial score (nSPS) is 10.2. The fraction of sp³-hybridized carbons (Fsp3) is 0.150. The van der Waals surface area contributed by atoms with Crippen LogP contribution in [0, 0.1) is 0 Å². The van der Waals surface area contributed by atoms with Crippen molar-refractivity contribution < 1.29 is 14.3 Å². The fourth-order valence-corrected chi connectivity index (χ4v) is 2.26.